The third-order valence-electron chi connectivity index (χ3n) is 10.6. The van der Waals surface area contributed by atoms with Crippen LogP contribution in [-0.2, 0) is 0 Å². The number of hydrogen-bond acceptors (Lipinski definition) is 1. The van der Waals surface area contributed by atoms with E-state index in [-0.39, 0.29) is 0 Å². The molecule has 0 amide bonds. The number of nitrogens with zero attached hydrogens (tertiary/aromatic N) is 2. The molecule has 9 aromatic carbocycles. The van der Waals surface area contributed by atoms with Gasteiger partial charge in [0.1, 0.15) is 0 Å². The zero-order valence-corrected chi connectivity index (χ0v) is 30.7. The van der Waals surface area contributed by atoms with E-state index in [4.69, 9.17) is 11.6 Å². The van der Waals surface area contributed by atoms with Crippen LogP contribution < -0.4 is 4.90 Å². The second-order valence-corrected chi connectivity index (χ2v) is 14.4. The Kier molecular flexibility index (Phi) is 8.24. The van der Waals surface area contributed by atoms with E-state index in [1.165, 1.54) is 54.8 Å². The Morgan fingerprint density at radius 2 is 0.873 bits per heavy atom. The van der Waals surface area contributed by atoms with Crippen LogP contribution in [0.5, 0.6) is 0 Å². The second kappa shape index (κ2) is 13.8. The molecule has 0 N–H and O–H groups in total. The molecule has 2 nitrogen and oxygen atoms in total. The van der Waals surface area contributed by atoms with Crippen molar-refractivity contribution in [2.24, 2.45) is 0 Å². The molecule has 1 heterocycles. The van der Waals surface area contributed by atoms with E-state index in [1.807, 2.05) is 0 Å². The highest BCUT2D eigenvalue weighted by molar-refractivity contribution is 6.31. The lowest BCUT2D eigenvalue weighted by atomic mass is 9.98. The van der Waals surface area contributed by atoms with Gasteiger partial charge in [0, 0.05) is 38.5 Å². The summed E-state index contributed by atoms with van der Waals surface area (Å²) in [7, 11) is 0. The third-order valence-corrected chi connectivity index (χ3v) is 10.8. The van der Waals surface area contributed by atoms with Gasteiger partial charge in [-0.2, -0.15) is 0 Å². The lowest BCUT2D eigenvalue weighted by Gasteiger charge is -2.27. The Balaban J connectivity index is 1.09. The highest BCUT2D eigenvalue weighted by Crippen LogP contribution is 2.41. The Labute approximate surface area is 325 Å². The van der Waals surface area contributed by atoms with Crippen molar-refractivity contribution in [2.75, 3.05) is 4.90 Å². The van der Waals surface area contributed by atoms with Gasteiger partial charge in [0.25, 0.3) is 0 Å². The molecule has 0 aliphatic carbocycles. The predicted molar refractivity (Wildman–Crippen MR) is 234 cm³/mol. The van der Waals surface area contributed by atoms with Crippen LogP contribution >= 0.6 is 11.6 Å². The van der Waals surface area contributed by atoms with Gasteiger partial charge in [-0.1, -0.05) is 145 Å². The molecule has 0 radical (unpaired) electrons. The fraction of sp³-hybridized carbons (Fsp3) is 0. The van der Waals surface area contributed by atoms with Crippen LogP contribution in [-0.4, -0.2) is 4.57 Å². The van der Waals surface area contributed by atoms with Crippen molar-refractivity contribution in [3.8, 4) is 39.1 Å². The molecule has 0 saturated carbocycles. The fourth-order valence-electron chi connectivity index (χ4n) is 7.93. The summed E-state index contributed by atoms with van der Waals surface area (Å²) in [4.78, 5) is 2.29. The van der Waals surface area contributed by atoms with Crippen molar-refractivity contribution < 1.29 is 0 Å². The van der Waals surface area contributed by atoms with Gasteiger partial charge in [-0.15, -0.1) is 0 Å². The molecule has 0 fully saturated rings. The first-order chi connectivity index (χ1) is 27.2. The molecule has 1 aromatic heterocycles. The maximum Gasteiger partial charge on any atom is 0.0547 e. The number of rotatable bonds is 7. The van der Waals surface area contributed by atoms with E-state index in [0.29, 0.717) is 5.02 Å². The fourth-order valence-corrected chi connectivity index (χ4v) is 8.16. The van der Waals surface area contributed by atoms with E-state index in [0.717, 1.165) is 33.9 Å². The second-order valence-electron chi connectivity index (χ2n) is 14.0. The van der Waals surface area contributed by atoms with Crippen molar-refractivity contribution >= 4 is 61.2 Å². The van der Waals surface area contributed by atoms with Crippen molar-refractivity contribution in [3.05, 3.63) is 217 Å². The average Bonchev–Trinajstić information content (AvgIpc) is 3.57. The summed E-state index contributed by atoms with van der Waals surface area (Å²) in [5.41, 5.74) is 13.6. The lowest BCUT2D eigenvalue weighted by Crippen LogP contribution is -2.10. The van der Waals surface area contributed by atoms with Crippen molar-refractivity contribution in [1.29, 1.82) is 0 Å². The summed E-state index contributed by atoms with van der Waals surface area (Å²) in [6.45, 7) is 0. The molecular formula is C52H35ClN2. The minimum Gasteiger partial charge on any atom is -0.310 e. The standard InChI is InChI=1S/C52H35ClN2/c53-44-31-43(40-20-21-41-34-52-50(33-42(41)30-40)49-18-10-11-19-51(49)55(52)45-16-8-3-9-17-45)32-48(35-44)54(46-26-22-38(23-27-46)36-12-4-1-5-13-36)47-28-24-39(25-29-47)37-14-6-2-7-15-37/h1-35H. The van der Waals surface area contributed by atoms with Crippen LogP contribution in [0.3, 0.4) is 0 Å². The maximum absolute atomic E-state index is 7.02. The zero-order chi connectivity index (χ0) is 36.7. The summed E-state index contributed by atoms with van der Waals surface area (Å²) in [6.07, 6.45) is 0. The quantitative estimate of drug-likeness (QED) is 0.159. The third kappa shape index (κ3) is 6.13. The first kappa shape index (κ1) is 32.8. The number of halogens is 1. The average molecular weight is 723 g/mol. The van der Waals surface area contributed by atoms with E-state index < -0.39 is 0 Å². The van der Waals surface area contributed by atoms with Gasteiger partial charge in [-0.3, -0.25) is 0 Å². The number of anilines is 3. The van der Waals surface area contributed by atoms with E-state index >= 15 is 0 Å². The smallest absolute Gasteiger partial charge is 0.0547 e. The van der Waals surface area contributed by atoms with Crippen LogP contribution in [0.4, 0.5) is 17.1 Å². The van der Waals surface area contributed by atoms with Crippen LogP contribution in [0.2, 0.25) is 5.02 Å². The molecule has 0 unspecified atom stereocenters. The Morgan fingerprint density at radius 1 is 0.327 bits per heavy atom. The molecule has 0 aliphatic heterocycles. The molecule has 260 valence electrons. The Morgan fingerprint density at radius 3 is 1.51 bits per heavy atom. The number of fused-ring (bicyclic) bond motifs is 4. The summed E-state index contributed by atoms with van der Waals surface area (Å²) in [5, 5.41) is 5.54. The molecule has 3 heteroatoms. The molecular weight excluding hydrogens is 688 g/mol. The molecule has 0 aliphatic rings. The molecule has 10 rings (SSSR count). The summed E-state index contributed by atoms with van der Waals surface area (Å²) in [6, 6.07) is 75.7. The maximum atomic E-state index is 7.02. The van der Waals surface area contributed by atoms with Gasteiger partial charge in [0.05, 0.1) is 11.0 Å². The zero-order valence-electron chi connectivity index (χ0n) is 30.0. The Hall–Kier alpha value is -6.87. The first-order valence-corrected chi connectivity index (χ1v) is 19.0. The van der Waals surface area contributed by atoms with E-state index in [2.05, 4.69) is 222 Å². The van der Waals surface area contributed by atoms with Crippen molar-refractivity contribution in [2.45, 2.75) is 0 Å². The summed E-state index contributed by atoms with van der Waals surface area (Å²) >= 11 is 7.02. The summed E-state index contributed by atoms with van der Waals surface area (Å²) < 4.78 is 2.37. The minimum absolute atomic E-state index is 0.681. The highest BCUT2D eigenvalue weighted by Gasteiger charge is 2.17. The molecule has 0 saturated heterocycles. The molecule has 0 bridgehead atoms. The lowest BCUT2D eigenvalue weighted by molar-refractivity contribution is 1.18. The molecule has 55 heavy (non-hydrogen) atoms. The van der Waals surface area contributed by atoms with Crippen LogP contribution in [0.25, 0.3) is 71.6 Å². The van der Waals surface area contributed by atoms with E-state index in [9.17, 15) is 0 Å². The van der Waals surface area contributed by atoms with Gasteiger partial charge in [-0.25, -0.2) is 0 Å². The van der Waals surface area contributed by atoms with Gasteiger partial charge in [0.15, 0.2) is 0 Å². The van der Waals surface area contributed by atoms with Gasteiger partial charge in [0.2, 0.25) is 0 Å². The van der Waals surface area contributed by atoms with Crippen molar-refractivity contribution in [3.63, 3.8) is 0 Å². The number of aromatic nitrogens is 1. The monoisotopic (exact) mass is 722 g/mol. The highest BCUT2D eigenvalue weighted by atomic mass is 35.5. The minimum atomic E-state index is 0.681. The summed E-state index contributed by atoms with van der Waals surface area (Å²) in [5.74, 6) is 0. The molecule has 0 spiro atoms. The normalized spacial score (nSPS) is 11.4. The molecule has 10 aromatic rings. The Bertz CT molecular complexity index is 2870. The number of benzene rings is 9. The SMILES string of the molecule is Clc1cc(-c2ccc3cc4c(cc3c2)c2ccccc2n4-c2ccccc2)cc(N(c2ccc(-c3ccccc3)cc2)c2ccc(-c3ccccc3)cc2)c1. The van der Waals surface area contributed by atoms with Gasteiger partial charge in [-0.05, 0) is 123 Å². The van der Waals surface area contributed by atoms with Gasteiger partial charge < -0.3 is 9.47 Å². The largest absolute Gasteiger partial charge is 0.310 e. The molecule has 0 atom stereocenters. The predicted octanol–water partition coefficient (Wildman–Crippen LogP) is 15.1. The van der Waals surface area contributed by atoms with Crippen molar-refractivity contribution in [1.82, 2.24) is 4.57 Å². The first-order valence-electron chi connectivity index (χ1n) is 18.6. The topological polar surface area (TPSA) is 8.17 Å². The van der Waals surface area contributed by atoms with Crippen LogP contribution in [0.15, 0.2) is 212 Å². The number of para-hydroxylation sites is 2. The number of hydrogen-bond donors (Lipinski definition) is 0. The van der Waals surface area contributed by atoms with E-state index in [1.54, 1.807) is 0 Å². The van der Waals surface area contributed by atoms with Crippen LogP contribution in [0, 0.1) is 0 Å². The van der Waals surface area contributed by atoms with Gasteiger partial charge >= 0.3 is 0 Å². The van der Waals surface area contributed by atoms with Crippen LogP contribution in [0.1, 0.15) is 0 Å².